The van der Waals surface area contributed by atoms with Gasteiger partial charge in [-0.05, 0) is 30.7 Å². The second kappa shape index (κ2) is 10.8. The summed E-state index contributed by atoms with van der Waals surface area (Å²) >= 11 is 1.28. The summed E-state index contributed by atoms with van der Waals surface area (Å²) < 4.78 is 13.7. The van der Waals surface area contributed by atoms with Gasteiger partial charge in [-0.2, -0.15) is 0 Å². The Morgan fingerprint density at radius 2 is 1.68 bits per heavy atom. The molecule has 6 nitrogen and oxygen atoms in total. The number of nitrogens with one attached hydrogen (secondary N) is 1. The number of rotatable bonds is 8. The molecule has 0 radical (unpaired) electrons. The monoisotopic (exact) mass is 474 g/mol. The number of aromatic nitrogens is 2. The molecule has 0 unspecified atom stereocenters. The van der Waals surface area contributed by atoms with E-state index in [4.69, 9.17) is 0 Å². The van der Waals surface area contributed by atoms with Crippen molar-refractivity contribution in [2.75, 3.05) is 11.9 Å². The summed E-state index contributed by atoms with van der Waals surface area (Å²) in [6.45, 7) is 2.04. The number of anilines is 1. The largest absolute Gasteiger partial charge is 0.331 e. The molecule has 0 spiro atoms. The minimum absolute atomic E-state index is 0.0540. The molecule has 8 heteroatoms. The fourth-order valence-electron chi connectivity index (χ4n) is 3.54. The predicted molar refractivity (Wildman–Crippen MR) is 131 cm³/mol. The minimum Gasteiger partial charge on any atom is -0.331 e. The van der Waals surface area contributed by atoms with Crippen LogP contribution in [-0.2, 0) is 4.79 Å². The van der Waals surface area contributed by atoms with Crippen LogP contribution in [0.1, 0.15) is 35.3 Å². The Labute approximate surface area is 201 Å². The molecule has 1 N–H and O–H groups in total. The van der Waals surface area contributed by atoms with Crippen molar-refractivity contribution >= 4 is 28.3 Å². The van der Waals surface area contributed by atoms with E-state index in [1.54, 1.807) is 11.0 Å². The topological polar surface area (TPSA) is 75.2 Å². The molecule has 0 bridgehead atoms. The third kappa shape index (κ3) is 5.71. The van der Waals surface area contributed by atoms with Gasteiger partial charge in [0.05, 0.1) is 6.04 Å². The molecule has 3 aromatic carbocycles. The molecule has 172 valence electrons. The summed E-state index contributed by atoms with van der Waals surface area (Å²) in [4.78, 5) is 27.5. The van der Waals surface area contributed by atoms with Gasteiger partial charge in [0.15, 0.2) is 0 Å². The number of carbonyl (C=O) groups is 2. The Balaban J connectivity index is 1.46. The first kappa shape index (κ1) is 23.3. The number of hydrogen-bond donors (Lipinski definition) is 1. The van der Waals surface area contributed by atoms with Crippen LogP contribution in [0, 0.1) is 5.82 Å². The van der Waals surface area contributed by atoms with Crippen LogP contribution in [0.2, 0.25) is 0 Å². The summed E-state index contributed by atoms with van der Waals surface area (Å²) in [6, 6.07) is 24.4. The third-order valence-corrected chi connectivity index (χ3v) is 6.24. The lowest BCUT2D eigenvalue weighted by Crippen LogP contribution is -2.36. The molecule has 0 aliphatic carbocycles. The Morgan fingerprint density at radius 1 is 0.971 bits per heavy atom. The molecular weight excluding hydrogens is 451 g/mol. The summed E-state index contributed by atoms with van der Waals surface area (Å²) in [5.41, 5.74) is 2.08. The highest BCUT2D eigenvalue weighted by Crippen LogP contribution is 2.26. The van der Waals surface area contributed by atoms with E-state index in [1.807, 2.05) is 67.6 Å². The molecule has 2 amide bonds. The van der Waals surface area contributed by atoms with Gasteiger partial charge < -0.3 is 10.2 Å². The Morgan fingerprint density at radius 3 is 2.38 bits per heavy atom. The normalized spacial score (nSPS) is 11.6. The molecule has 4 aromatic rings. The Bertz CT molecular complexity index is 1260. The zero-order valence-electron chi connectivity index (χ0n) is 18.5. The average Bonchev–Trinajstić information content (AvgIpc) is 3.33. The van der Waals surface area contributed by atoms with Crippen LogP contribution < -0.4 is 5.32 Å². The molecule has 0 aliphatic heterocycles. The van der Waals surface area contributed by atoms with E-state index in [0.29, 0.717) is 10.1 Å². The van der Waals surface area contributed by atoms with Gasteiger partial charge in [-0.25, -0.2) is 4.39 Å². The molecule has 1 heterocycles. The van der Waals surface area contributed by atoms with Crippen molar-refractivity contribution in [3.8, 4) is 10.6 Å². The van der Waals surface area contributed by atoms with E-state index < -0.39 is 5.82 Å². The molecule has 1 atom stereocenters. The van der Waals surface area contributed by atoms with Gasteiger partial charge in [0.2, 0.25) is 11.0 Å². The van der Waals surface area contributed by atoms with Gasteiger partial charge in [-0.15, -0.1) is 10.2 Å². The van der Waals surface area contributed by atoms with Crippen LogP contribution in [0.4, 0.5) is 9.52 Å². The van der Waals surface area contributed by atoms with Gasteiger partial charge in [-0.1, -0.05) is 78.1 Å². The van der Waals surface area contributed by atoms with E-state index in [-0.39, 0.29) is 36.4 Å². The van der Waals surface area contributed by atoms with Gasteiger partial charge in [0, 0.05) is 24.1 Å². The number of carbonyl (C=O) groups excluding carboxylic acids is 2. The summed E-state index contributed by atoms with van der Waals surface area (Å²) in [6.07, 6.45) is 0.0540. The maximum atomic E-state index is 13.7. The lowest BCUT2D eigenvalue weighted by Gasteiger charge is -2.29. The lowest BCUT2D eigenvalue weighted by molar-refractivity contribution is -0.116. The third-order valence-electron chi connectivity index (χ3n) is 5.35. The highest BCUT2D eigenvalue weighted by molar-refractivity contribution is 7.18. The fraction of sp³-hybridized carbons (Fsp3) is 0.154. The van der Waals surface area contributed by atoms with E-state index in [9.17, 15) is 14.0 Å². The predicted octanol–water partition coefficient (Wildman–Crippen LogP) is 5.58. The van der Waals surface area contributed by atoms with E-state index in [1.165, 1.54) is 29.5 Å². The summed E-state index contributed by atoms with van der Waals surface area (Å²) in [5, 5.41) is 12.0. The van der Waals surface area contributed by atoms with Gasteiger partial charge >= 0.3 is 0 Å². The summed E-state index contributed by atoms with van der Waals surface area (Å²) in [5.74, 6) is -1.11. The van der Waals surface area contributed by atoms with Gasteiger partial charge in [0.25, 0.3) is 5.91 Å². The first-order valence-corrected chi connectivity index (χ1v) is 11.6. The lowest BCUT2D eigenvalue weighted by atomic mass is 10.0. The van der Waals surface area contributed by atoms with Crippen LogP contribution in [-0.4, -0.2) is 33.5 Å². The van der Waals surface area contributed by atoms with Crippen molar-refractivity contribution in [3.63, 3.8) is 0 Å². The molecule has 1 aromatic heterocycles. The second-order valence-corrected chi connectivity index (χ2v) is 8.65. The first-order valence-electron chi connectivity index (χ1n) is 10.8. The van der Waals surface area contributed by atoms with Crippen molar-refractivity contribution in [1.82, 2.24) is 15.1 Å². The van der Waals surface area contributed by atoms with Crippen LogP contribution in [0.25, 0.3) is 10.6 Å². The van der Waals surface area contributed by atoms with Crippen molar-refractivity contribution < 1.29 is 14.0 Å². The van der Waals surface area contributed by atoms with Crippen molar-refractivity contribution in [1.29, 1.82) is 0 Å². The molecular formula is C26H23FN4O2S. The van der Waals surface area contributed by atoms with Crippen LogP contribution in [0.15, 0.2) is 84.9 Å². The first-order chi connectivity index (χ1) is 16.5. The molecule has 0 saturated heterocycles. The number of hydrogen-bond acceptors (Lipinski definition) is 5. The average molecular weight is 475 g/mol. The maximum absolute atomic E-state index is 13.7. The number of amides is 2. The van der Waals surface area contributed by atoms with Crippen LogP contribution in [0.5, 0.6) is 0 Å². The zero-order chi connectivity index (χ0) is 23.9. The van der Waals surface area contributed by atoms with Crippen molar-refractivity contribution in [2.45, 2.75) is 19.4 Å². The van der Waals surface area contributed by atoms with Crippen molar-refractivity contribution in [2.24, 2.45) is 0 Å². The maximum Gasteiger partial charge on any atom is 0.254 e. The SMILES string of the molecule is C[C@@H](c1ccccc1)N(CCC(=O)Nc1nnc(-c2ccccc2)s1)C(=O)c1cccc(F)c1. The van der Waals surface area contributed by atoms with E-state index >= 15 is 0 Å². The number of halogens is 1. The van der Waals surface area contributed by atoms with Crippen LogP contribution in [0.3, 0.4) is 0 Å². The molecule has 0 fully saturated rings. The molecule has 0 saturated carbocycles. The van der Waals surface area contributed by atoms with Crippen molar-refractivity contribution in [3.05, 3.63) is 102 Å². The standard InChI is InChI=1S/C26H23FN4O2S/c1-18(19-9-4-2-5-10-19)31(25(33)21-13-8-14-22(27)17-21)16-15-23(32)28-26-30-29-24(34-26)20-11-6-3-7-12-20/h2-14,17-18H,15-16H2,1H3,(H,28,30,32)/t18-/m0/s1. The molecule has 4 rings (SSSR count). The Hall–Kier alpha value is -3.91. The van der Waals surface area contributed by atoms with Gasteiger partial charge in [-0.3, -0.25) is 9.59 Å². The smallest absolute Gasteiger partial charge is 0.254 e. The summed E-state index contributed by atoms with van der Waals surface area (Å²) in [7, 11) is 0. The second-order valence-electron chi connectivity index (χ2n) is 7.67. The molecule has 34 heavy (non-hydrogen) atoms. The Kier molecular flexibility index (Phi) is 7.39. The minimum atomic E-state index is -0.485. The fourth-order valence-corrected chi connectivity index (χ4v) is 4.31. The van der Waals surface area contributed by atoms with Gasteiger partial charge in [0.1, 0.15) is 10.8 Å². The quantitative estimate of drug-likeness (QED) is 0.362. The zero-order valence-corrected chi connectivity index (χ0v) is 19.3. The van der Waals surface area contributed by atoms with E-state index in [0.717, 1.165) is 11.1 Å². The molecule has 0 aliphatic rings. The van der Waals surface area contributed by atoms with Crippen LogP contribution >= 0.6 is 11.3 Å². The number of nitrogens with zero attached hydrogens (tertiary/aromatic N) is 3. The number of benzene rings is 3. The highest BCUT2D eigenvalue weighted by Gasteiger charge is 2.24. The van der Waals surface area contributed by atoms with E-state index in [2.05, 4.69) is 15.5 Å². The highest BCUT2D eigenvalue weighted by atomic mass is 32.1.